The highest BCUT2D eigenvalue weighted by atomic mass is 16.5. The lowest BCUT2D eigenvalue weighted by atomic mass is 10.0. The van der Waals surface area contributed by atoms with Gasteiger partial charge in [0.2, 0.25) is 17.7 Å². The van der Waals surface area contributed by atoms with E-state index in [1.807, 2.05) is 24.3 Å². The highest BCUT2D eigenvalue weighted by Gasteiger charge is 2.14. The molecule has 1 atom stereocenters. The molecule has 0 fully saturated rings. The molecule has 6 nitrogen and oxygen atoms in total. The molecule has 1 aromatic heterocycles. The van der Waals surface area contributed by atoms with Gasteiger partial charge in [-0.05, 0) is 43.0 Å². The maximum Gasteiger partial charge on any atom is 0.220 e. The lowest BCUT2D eigenvalue weighted by Crippen LogP contribution is -2.28. The summed E-state index contributed by atoms with van der Waals surface area (Å²) in [5.74, 6) is 1.91. The number of hydrogen-bond donors (Lipinski definition) is 1. The van der Waals surface area contributed by atoms with Gasteiger partial charge in [-0.25, -0.2) is 0 Å². The van der Waals surface area contributed by atoms with Gasteiger partial charge in [-0.15, -0.1) is 10.2 Å². The Bertz CT molecular complexity index is 933. The fourth-order valence-corrected chi connectivity index (χ4v) is 3.24. The minimum Gasteiger partial charge on any atom is -0.497 e. The maximum atomic E-state index is 12.4. The van der Waals surface area contributed by atoms with Crippen molar-refractivity contribution in [3.05, 3.63) is 77.0 Å². The highest BCUT2D eigenvalue weighted by Crippen LogP contribution is 2.18. The summed E-state index contributed by atoms with van der Waals surface area (Å²) in [6.45, 7) is 4.12. The van der Waals surface area contributed by atoms with Crippen LogP contribution in [-0.2, 0) is 24.1 Å². The molecule has 158 valence electrons. The average Bonchev–Trinajstić information content (AvgIpc) is 3.23. The molecule has 30 heavy (non-hydrogen) atoms. The quantitative estimate of drug-likeness (QED) is 0.540. The van der Waals surface area contributed by atoms with Gasteiger partial charge in [-0.1, -0.05) is 48.9 Å². The number of carbonyl (C=O) groups is 1. The Balaban J connectivity index is 1.45. The summed E-state index contributed by atoms with van der Waals surface area (Å²) in [5, 5.41) is 11.3. The molecule has 0 aliphatic heterocycles. The third-order valence-corrected chi connectivity index (χ3v) is 5.08. The molecule has 3 rings (SSSR count). The maximum absolute atomic E-state index is 12.4. The largest absolute Gasteiger partial charge is 0.497 e. The van der Waals surface area contributed by atoms with Crippen LogP contribution in [0.4, 0.5) is 0 Å². The smallest absolute Gasteiger partial charge is 0.220 e. The Kier molecular flexibility index (Phi) is 7.60. The zero-order chi connectivity index (χ0) is 21.3. The fourth-order valence-electron chi connectivity index (χ4n) is 3.24. The first-order chi connectivity index (χ1) is 14.6. The van der Waals surface area contributed by atoms with E-state index in [1.54, 1.807) is 7.11 Å². The van der Waals surface area contributed by atoms with Gasteiger partial charge in [0.15, 0.2) is 0 Å². The average molecular weight is 408 g/mol. The van der Waals surface area contributed by atoms with Gasteiger partial charge in [-0.3, -0.25) is 4.79 Å². The first kappa shape index (κ1) is 21.6. The summed E-state index contributed by atoms with van der Waals surface area (Å²) >= 11 is 0. The highest BCUT2D eigenvalue weighted by molar-refractivity contribution is 5.76. The van der Waals surface area contributed by atoms with Crippen LogP contribution in [0.25, 0.3) is 0 Å². The minimum atomic E-state index is -0.0135. The zero-order valence-electron chi connectivity index (χ0n) is 17.9. The van der Waals surface area contributed by atoms with Gasteiger partial charge in [0.25, 0.3) is 0 Å². The monoisotopic (exact) mass is 407 g/mol. The molecule has 1 N–H and O–H groups in total. The zero-order valence-corrected chi connectivity index (χ0v) is 17.9. The summed E-state index contributed by atoms with van der Waals surface area (Å²) in [7, 11) is 1.65. The van der Waals surface area contributed by atoms with Crippen molar-refractivity contribution in [1.29, 1.82) is 0 Å². The van der Waals surface area contributed by atoms with Crippen molar-refractivity contribution < 1.29 is 13.9 Å². The van der Waals surface area contributed by atoms with Crippen molar-refractivity contribution >= 4 is 5.91 Å². The first-order valence-corrected chi connectivity index (χ1v) is 10.4. The Morgan fingerprint density at radius 3 is 2.30 bits per heavy atom. The third-order valence-electron chi connectivity index (χ3n) is 5.08. The summed E-state index contributed by atoms with van der Waals surface area (Å²) < 4.78 is 10.9. The van der Waals surface area contributed by atoms with Crippen LogP contribution in [-0.4, -0.2) is 23.2 Å². The predicted molar refractivity (Wildman–Crippen MR) is 115 cm³/mol. The van der Waals surface area contributed by atoms with Crippen molar-refractivity contribution in [2.75, 3.05) is 7.11 Å². The van der Waals surface area contributed by atoms with Gasteiger partial charge >= 0.3 is 0 Å². The van der Waals surface area contributed by atoms with E-state index < -0.39 is 0 Å². The number of carbonyl (C=O) groups excluding carboxylic acids is 1. The summed E-state index contributed by atoms with van der Waals surface area (Å²) in [6.07, 6.45) is 3.07. The van der Waals surface area contributed by atoms with Crippen LogP contribution < -0.4 is 10.1 Å². The molecule has 0 saturated carbocycles. The number of amides is 1. The van der Waals surface area contributed by atoms with E-state index in [9.17, 15) is 4.79 Å². The van der Waals surface area contributed by atoms with Crippen molar-refractivity contribution in [2.24, 2.45) is 0 Å². The number of aromatic nitrogens is 2. The predicted octanol–water partition coefficient (Wildman–Crippen LogP) is 4.37. The second-order valence-corrected chi connectivity index (χ2v) is 7.38. The molecule has 0 bridgehead atoms. The van der Waals surface area contributed by atoms with Gasteiger partial charge in [0, 0.05) is 19.3 Å². The standard InChI is InChI=1S/C24H29N3O3/c1-4-21(19-10-5-17(2)6-11-19)25-22(28)14-16-24-27-26-23(30-24)15-9-18-7-12-20(29-3)13-8-18/h5-8,10-13,21H,4,9,14-16H2,1-3H3,(H,25,28)/t21-/m0/s1. The molecule has 0 radical (unpaired) electrons. The number of benzene rings is 2. The van der Waals surface area contributed by atoms with Crippen molar-refractivity contribution in [3.63, 3.8) is 0 Å². The van der Waals surface area contributed by atoms with Gasteiger partial charge in [0.05, 0.1) is 13.2 Å². The van der Waals surface area contributed by atoms with Crippen LogP contribution in [0.2, 0.25) is 0 Å². The summed E-state index contributed by atoms with van der Waals surface area (Å²) in [4.78, 5) is 12.4. The molecule has 0 saturated heterocycles. The molecule has 1 heterocycles. The van der Waals surface area contributed by atoms with Gasteiger partial charge < -0.3 is 14.5 Å². The second-order valence-electron chi connectivity index (χ2n) is 7.38. The van der Waals surface area contributed by atoms with Crippen LogP contribution in [0.15, 0.2) is 52.9 Å². The first-order valence-electron chi connectivity index (χ1n) is 10.4. The van der Waals surface area contributed by atoms with Crippen LogP contribution >= 0.6 is 0 Å². The van der Waals surface area contributed by atoms with E-state index in [0.29, 0.717) is 31.0 Å². The lowest BCUT2D eigenvalue weighted by molar-refractivity contribution is -0.121. The van der Waals surface area contributed by atoms with Gasteiger partial charge in [-0.2, -0.15) is 0 Å². The number of hydrogen-bond acceptors (Lipinski definition) is 5. The molecular formula is C24H29N3O3. The second kappa shape index (κ2) is 10.6. The summed E-state index contributed by atoms with van der Waals surface area (Å²) in [5.41, 5.74) is 3.51. The minimum absolute atomic E-state index is 0.0135. The SMILES string of the molecule is CC[C@H](NC(=O)CCc1nnc(CCc2ccc(OC)cc2)o1)c1ccc(C)cc1. The molecule has 3 aromatic rings. The third kappa shape index (κ3) is 6.17. The van der Waals surface area contributed by atoms with E-state index >= 15 is 0 Å². The number of methoxy groups -OCH3 is 1. The molecule has 0 aliphatic rings. The summed E-state index contributed by atoms with van der Waals surface area (Å²) in [6, 6.07) is 16.2. The molecule has 6 heteroatoms. The van der Waals surface area contributed by atoms with E-state index in [2.05, 4.69) is 53.6 Å². The fraction of sp³-hybridized carbons (Fsp3) is 0.375. The Morgan fingerprint density at radius 2 is 1.67 bits per heavy atom. The number of nitrogens with one attached hydrogen (secondary N) is 1. The van der Waals surface area contributed by atoms with E-state index in [1.165, 1.54) is 11.1 Å². The lowest BCUT2D eigenvalue weighted by Gasteiger charge is -2.17. The molecule has 0 unspecified atom stereocenters. The van der Waals surface area contributed by atoms with E-state index in [4.69, 9.17) is 9.15 Å². The van der Waals surface area contributed by atoms with Crippen LogP contribution in [0.1, 0.15) is 54.3 Å². The topological polar surface area (TPSA) is 77.2 Å². The molecule has 1 amide bonds. The van der Waals surface area contributed by atoms with E-state index in [0.717, 1.165) is 24.2 Å². The van der Waals surface area contributed by atoms with Crippen LogP contribution in [0.5, 0.6) is 5.75 Å². The van der Waals surface area contributed by atoms with Crippen molar-refractivity contribution in [1.82, 2.24) is 15.5 Å². The molecule has 0 spiro atoms. The Labute approximate surface area is 177 Å². The number of aryl methyl sites for hydroxylation is 4. The molecular weight excluding hydrogens is 378 g/mol. The molecule has 2 aromatic carbocycles. The normalized spacial score (nSPS) is 11.8. The van der Waals surface area contributed by atoms with Crippen molar-refractivity contribution in [3.8, 4) is 5.75 Å². The Morgan fingerprint density at radius 1 is 1.00 bits per heavy atom. The van der Waals surface area contributed by atoms with Crippen LogP contribution in [0, 0.1) is 6.92 Å². The van der Waals surface area contributed by atoms with Gasteiger partial charge in [0.1, 0.15) is 5.75 Å². The van der Waals surface area contributed by atoms with Crippen LogP contribution in [0.3, 0.4) is 0 Å². The Hall–Kier alpha value is -3.15. The number of ether oxygens (including phenoxy) is 1. The van der Waals surface area contributed by atoms with E-state index in [-0.39, 0.29) is 11.9 Å². The number of rotatable bonds is 10. The molecule has 0 aliphatic carbocycles. The number of nitrogens with zero attached hydrogens (tertiary/aromatic N) is 2. The van der Waals surface area contributed by atoms with Crippen molar-refractivity contribution in [2.45, 2.75) is 52.0 Å².